The quantitative estimate of drug-likeness (QED) is 0.420. The van der Waals surface area contributed by atoms with Crippen molar-refractivity contribution in [2.75, 3.05) is 13.6 Å². The van der Waals surface area contributed by atoms with E-state index < -0.39 is 0 Å². The Labute approximate surface area is 155 Å². The zero-order valence-electron chi connectivity index (χ0n) is 13.2. The molecule has 3 rings (SSSR count). The molecule has 122 valence electrons. The first-order valence-electron chi connectivity index (χ1n) is 8.01. The van der Waals surface area contributed by atoms with Gasteiger partial charge in [-0.05, 0) is 37.8 Å². The smallest absolute Gasteiger partial charge is 0.191 e. The second kappa shape index (κ2) is 8.43. The van der Waals surface area contributed by atoms with Gasteiger partial charge in [-0.25, -0.2) is 0 Å². The summed E-state index contributed by atoms with van der Waals surface area (Å²) in [4.78, 5) is 5.75. The highest BCUT2D eigenvalue weighted by Crippen LogP contribution is 2.51. The lowest BCUT2D eigenvalue weighted by Gasteiger charge is -2.20. The molecule has 1 aromatic rings. The maximum absolute atomic E-state index is 4.37. The van der Waals surface area contributed by atoms with Crippen molar-refractivity contribution in [1.29, 1.82) is 0 Å². The molecule has 0 atom stereocenters. The van der Waals surface area contributed by atoms with E-state index in [1.165, 1.54) is 43.4 Å². The highest BCUT2D eigenvalue weighted by molar-refractivity contribution is 14.0. The molecule has 0 bridgehead atoms. The summed E-state index contributed by atoms with van der Waals surface area (Å²) in [5, 5.41) is 7.10. The zero-order valence-corrected chi connectivity index (χ0v) is 16.3. The van der Waals surface area contributed by atoms with Gasteiger partial charge in [0, 0.05) is 29.3 Å². The van der Waals surface area contributed by atoms with Crippen LogP contribution in [0.15, 0.2) is 40.2 Å². The van der Waals surface area contributed by atoms with Crippen molar-refractivity contribution in [3.8, 4) is 0 Å². The molecule has 0 amide bonds. The van der Waals surface area contributed by atoms with Gasteiger partial charge >= 0.3 is 0 Å². The van der Waals surface area contributed by atoms with Crippen LogP contribution in [0.3, 0.4) is 0 Å². The molecule has 2 aliphatic rings. The van der Waals surface area contributed by atoms with E-state index >= 15 is 0 Å². The topological polar surface area (TPSA) is 36.4 Å². The van der Waals surface area contributed by atoms with Crippen molar-refractivity contribution in [2.24, 2.45) is 4.99 Å². The zero-order chi connectivity index (χ0) is 14.5. The van der Waals surface area contributed by atoms with Crippen molar-refractivity contribution >= 4 is 41.7 Å². The maximum atomic E-state index is 4.37. The molecule has 0 aliphatic heterocycles. The Kier molecular flexibility index (Phi) is 6.87. The second-order valence-corrected chi connectivity index (χ2v) is 7.69. The number of hydrogen-bond acceptors (Lipinski definition) is 2. The number of halogens is 1. The van der Waals surface area contributed by atoms with E-state index in [2.05, 4.69) is 46.0 Å². The molecule has 2 fully saturated rings. The lowest BCUT2D eigenvalue weighted by Crippen LogP contribution is -2.44. The van der Waals surface area contributed by atoms with E-state index in [0.717, 1.165) is 12.5 Å². The van der Waals surface area contributed by atoms with Gasteiger partial charge in [0.2, 0.25) is 0 Å². The number of rotatable bonds is 5. The van der Waals surface area contributed by atoms with Gasteiger partial charge < -0.3 is 10.6 Å². The first-order chi connectivity index (χ1) is 10.3. The Morgan fingerprint density at radius 2 is 1.91 bits per heavy atom. The molecule has 3 nitrogen and oxygen atoms in total. The summed E-state index contributed by atoms with van der Waals surface area (Å²) in [7, 11) is 1.87. The van der Waals surface area contributed by atoms with Gasteiger partial charge in [-0.1, -0.05) is 31.0 Å². The normalized spacial score (nSPS) is 20.3. The predicted octanol–water partition coefficient (Wildman–Crippen LogP) is 4.04. The minimum Gasteiger partial charge on any atom is -0.355 e. The Morgan fingerprint density at radius 1 is 1.23 bits per heavy atom. The van der Waals surface area contributed by atoms with Crippen molar-refractivity contribution in [2.45, 2.75) is 54.2 Å². The largest absolute Gasteiger partial charge is 0.355 e. The minimum absolute atomic E-state index is 0. The first-order valence-corrected chi connectivity index (χ1v) is 8.83. The highest BCUT2D eigenvalue weighted by atomic mass is 127. The van der Waals surface area contributed by atoms with Crippen LogP contribution in [-0.2, 0) is 0 Å². The first kappa shape index (κ1) is 17.9. The molecule has 2 N–H and O–H groups in total. The molecule has 0 spiro atoms. The van der Waals surface area contributed by atoms with Crippen molar-refractivity contribution in [3.05, 3.63) is 30.3 Å². The van der Waals surface area contributed by atoms with Crippen LogP contribution in [0.1, 0.15) is 38.5 Å². The lowest BCUT2D eigenvalue weighted by atomic mass is 10.2. The predicted molar refractivity (Wildman–Crippen MR) is 106 cm³/mol. The summed E-state index contributed by atoms with van der Waals surface area (Å²) in [5.41, 5.74) is 0. The van der Waals surface area contributed by atoms with E-state index in [9.17, 15) is 0 Å². The van der Waals surface area contributed by atoms with Crippen LogP contribution >= 0.6 is 35.7 Å². The monoisotopic (exact) mass is 431 g/mol. The molecule has 5 heteroatoms. The minimum atomic E-state index is 0. The summed E-state index contributed by atoms with van der Waals surface area (Å²) in [5.74, 6) is 0.974. The molecule has 0 heterocycles. The van der Waals surface area contributed by atoms with Gasteiger partial charge in [0.25, 0.3) is 0 Å². The number of benzene rings is 1. The SMILES string of the molecule is CN=C(NCC1(Sc2ccccc2)CC1)NC1CCCC1.I. The standard InChI is InChI=1S/C17H25N3S.HI/c1-18-16(20-14-7-5-6-8-14)19-13-17(11-12-17)21-15-9-3-2-4-10-15;/h2-4,9-10,14H,5-8,11-13H2,1H3,(H2,18,19,20);1H. The van der Waals surface area contributed by atoms with Crippen molar-refractivity contribution < 1.29 is 0 Å². The molecule has 22 heavy (non-hydrogen) atoms. The number of hydrogen-bond donors (Lipinski definition) is 2. The molecule has 0 radical (unpaired) electrons. The number of guanidine groups is 1. The Bertz CT molecular complexity index is 482. The van der Waals surface area contributed by atoms with Crippen molar-refractivity contribution in [1.82, 2.24) is 10.6 Å². The average molecular weight is 431 g/mol. The second-order valence-electron chi connectivity index (χ2n) is 6.15. The van der Waals surface area contributed by atoms with Crippen LogP contribution in [0.5, 0.6) is 0 Å². The molecule has 0 saturated heterocycles. The lowest BCUT2D eigenvalue weighted by molar-refractivity contribution is 0.611. The van der Waals surface area contributed by atoms with Gasteiger partial charge in [0.15, 0.2) is 5.96 Å². The van der Waals surface area contributed by atoms with Crippen LogP contribution in [0, 0.1) is 0 Å². The molecule has 0 aromatic heterocycles. The Balaban J connectivity index is 0.00000176. The third kappa shape index (κ3) is 5.05. The maximum Gasteiger partial charge on any atom is 0.191 e. The summed E-state index contributed by atoms with van der Waals surface area (Å²) in [6, 6.07) is 11.3. The average Bonchev–Trinajstić information content (AvgIpc) is 3.08. The fraction of sp³-hybridized carbons (Fsp3) is 0.588. The summed E-state index contributed by atoms with van der Waals surface area (Å²) < 4.78 is 0.370. The van der Waals surface area contributed by atoms with E-state index in [1.807, 2.05) is 18.8 Å². The molecular formula is C17H26IN3S. The third-order valence-electron chi connectivity index (χ3n) is 4.38. The summed E-state index contributed by atoms with van der Waals surface area (Å²) in [6.07, 6.45) is 7.85. The van der Waals surface area contributed by atoms with Gasteiger partial charge in [0.05, 0.1) is 0 Å². The third-order valence-corrected chi connectivity index (χ3v) is 5.88. The molecular weight excluding hydrogens is 405 g/mol. The molecule has 2 aliphatic carbocycles. The highest BCUT2D eigenvalue weighted by Gasteiger charge is 2.43. The van der Waals surface area contributed by atoms with Gasteiger partial charge in [-0.15, -0.1) is 35.7 Å². The fourth-order valence-corrected chi connectivity index (χ4v) is 4.14. The summed E-state index contributed by atoms with van der Waals surface area (Å²) >= 11 is 2.01. The van der Waals surface area contributed by atoms with E-state index in [0.29, 0.717) is 10.8 Å². The van der Waals surface area contributed by atoms with Crippen LogP contribution in [0.25, 0.3) is 0 Å². The summed E-state index contributed by atoms with van der Waals surface area (Å²) in [6.45, 7) is 0.999. The Morgan fingerprint density at radius 3 is 2.50 bits per heavy atom. The molecule has 1 aromatic carbocycles. The number of nitrogens with zero attached hydrogens (tertiary/aromatic N) is 1. The number of aliphatic imine (C=N–C) groups is 1. The molecule has 2 saturated carbocycles. The van der Waals surface area contributed by atoms with Crippen LogP contribution in [0.2, 0.25) is 0 Å². The van der Waals surface area contributed by atoms with Crippen molar-refractivity contribution in [3.63, 3.8) is 0 Å². The van der Waals surface area contributed by atoms with Crippen LogP contribution in [0.4, 0.5) is 0 Å². The Hall–Kier alpha value is -0.430. The van der Waals surface area contributed by atoms with E-state index in [-0.39, 0.29) is 24.0 Å². The van der Waals surface area contributed by atoms with Gasteiger partial charge in [0.1, 0.15) is 0 Å². The number of nitrogens with one attached hydrogen (secondary N) is 2. The van der Waals surface area contributed by atoms with E-state index in [1.54, 1.807) is 0 Å². The van der Waals surface area contributed by atoms with Gasteiger partial charge in [-0.2, -0.15) is 0 Å². The fourth-order valence-electron chi connectivity index (χ4n) is 2.90. The number of thioether (sulfide) groups is 1. The van der Waals surface area contributed by atoms with Crippen LogP contribution < -0.4 is 10.6 Å². The van der Waals surface area contributed by atoms with Crippen LogP contribution in [-0.4, -0.2) is 30.3 Å². The van der Waals surface area contributed by atoms with Gasteiger partial charge in [-0.3, -0.25) is 4.99 Å². The van der Waals surface area contributed by atoms with E-state index in [4.69, 9.17) is 0 Å². The molecule has 0 unspecified atom stereocenters.